The molecule has 0 saturated carbocycles. The normalized spacial score (nSPS) is 23.4. The van der Waals surface area contributed by atoms with Gasteiger partial charge in [-0.15, -0.1) is 11.3 Å². The number of hydrogen-bond acceptors (Lipinski definition) is 6. The van der Waals surface area contributed by atoms with E-state index in [1.54, 1.807) is 11.3 Å². The molecule has 4 rings (SSSR count). The van der Waals surface area contributed by atoms with E-state index in [2.05, 4.69) is 19.8 Å². The van der Waals surface area contributed by atoms with E-state index in [9.17, 15) is 0 Å². The van der Waals surface area contributed by atoms with Crippen LogP contribution in [0.4, 0.5) is 11.8 Å². The monoisotopic (exact) mass is 303 g/mol. The van der Waals surface area contributed by atoms with Crippen molar-refractivity contribution in [2.45, 2.75) is 19.3 Å². The fourth-order valence-corrected chi connectivity index (χ4v) is 4.27. The van der Waals surface area contributed by atoms with E-state index in [0.29, 0.717) is 5.82 Å². The molecule has 0 aliphatic carbocycles. The van der Waals surface area contributed by atoms with Crippen LogP contribution in [0.5, 0.6) is 0 Å². The summed E-state index contributed by atoms with van der Waals surface area (Å²) in [5, 5.41) is 3.01. The molecular formula is C15H21N5S. The second-order valence-electron chi connectivity index (χ2n) is 6.16. The standard InChI is InChI=1S/C15H21N5S/c16-13-12-4-8-21-14(12)18-15(17-13)20-7-3-11(10-20)9-19-5-1-2-6-19/h4,8,11H,1-3,5-7,9-10H2,(H2,16,17,18). The second-order valence-corrected chi connectivity index (χ2v) is 7.05. The van der Waals surface area contributed by atoms with Crippen molar-refractivity contribution in [2.75, 3.05) is 43.4 Å². The van der Waals surface area contributed by atoms with Crippen LogP contribution in [0.25, 0.3) is 10.2 Å². The number of likely N-dealkylation sites (tertiary alicyclic amines) is 1. The van der Waals surface area contributed by atoms with Crippen LogP contribution in [-0.2, 0) is 0 Å². The highest BCUT2D eigenvalue weighted by molar-refractivity contribution is 7.16. The molecule has 2 aromatic rings. The van der Waals surface area contributed by atoms with Gasteiger partial charge < -0.3 is 15.5 Å². The van der Waals surface area contributed by atoms with Crippen LogP contribution in [-0.4, -0.2) is 47.6 Å². The summed E-state index contributed by atoms with van der Waals surface area (Å²) in [6, 6.07) is 2.00. The predicted molar refractivity (Wildman–Crippen MR) is 87.8 cm³/mol. The number of aromatic nitrogens is 2. The van der Waals surface area contributed by atoms with Gasteiger partial charge in [0.15, 0.2) is 0 Å². The molecule has 112 valence electrons. The molecular weight excluding hydrogens is 282 g/mol. The van der Waals surface area contributed by atoms with Crippen LogP contribution in [0, 0.1) is 5.92 Å². The van der Waals surface area contributed by atoms with Crippen LogP contribution < -0.4 is 10.6 Å². The maximum atomic E-state index is 6.06. The van der Waals surface area contributed by atoms with Gasteiger partial charge >= 0.3 is 0 Å². The zero-order valence-electron chi connectivity index (χ0n) is 12.2. The van der Waals surface area contributed by atoms with Crippen LogP contribution in [0.15, 0.2) is 11.4 Å². The molecule has 0 radical (unpaired) electrons. The molecule has 2 aliphatic heterocycles. The Hall–Kier alpha value is -1.40. The molecule has 2 aromatic heterocycles. The van der Waals surface area contributed by atoms with Crippen LogP contribution in [0.3, 0.4) is 0 Å². The third kappa shape index (κ3) is 2.58. The highest BCUT2D eigenvalue weighted by Gasteiger charge is 2.27. The minimum atomic E-state index is 0.610. The third-order valence-corrected chi connectivity index (χ3v) is 5.43. The molecule has 0 aromatic carbocycles. The van der Waals surface area contributed by atoms with Crippen molar-refractivity contribution in [2.24, 2.45) is 5.92 Å². The maximum Gasteiger partial charge on any atom is 0.228 e. The summed E-state index contributed by atoms with van der Waals surface area (Å²) in [7, 11) is 0. The number of rotatable bonds is 3. The van der Waals surface area contributed by atoms with Gasteiger partial charge in [-0.1, -0.05) is 0 Å². The fourth-order valence-electron chi connectivity index (χ4n) is 3.50. The van der Waals surface area contributed by atoms with Crippen LogP contribution in [0.1, 0.15) is 19.3 Å². The van der Waals surface area contributed by atoms with E-state index in [4.69, 9.17) is 5.73 Å². The van der Waals surface area contributed by atoms with Crippen molar-refractivity contribution < 1.29 is 0 Å². The molecule has 0 bridgehead atoms. The summed E-state index contributed by atoms with van der Waals surface area (Å²) < 4.78 is 0. The Bertz CT molecular complexity index is 634. The fraction of sp³-hybridized carbons (Fsp3) is 0.600. The predicted octanol–water partition coefficient (Wildman–Crippen LogP) is 2.20. The number of hydrogen-bond donors (Lipinski definition) is 1. The molecule has 2 aliphatic rings. The van der Waals surface area contributed by atoms with E-state index >= 15 is 0 Å². The van der Waals surface area contributed by atoms with Crippen LogP contribution >= 0.6 is 11.3 Å². The Balaban J connectivity index is 1.48. The lowest BCUT2D eigenvalue weighted by Gasteiger charge is -2.20. The van der Waals surface area contributed by atoms with Gasteiger partial charge in [0.2, 0.25) is 5.95 Å². The molecule has 21 heavy (non-hydrogen) atoms. The Labute approximate surface area is 128 Å². The zero-order valence-corrected chi connectivity index (χ0v) is 13.0. The number of nitrogen functional groups attached to an aromatic ring is 1. The van der Waals surface area contributed by atoms with E-state index in [0.717, 1.165) is 35.2 Å². The molecule has 4 heterocycles. The summed E-state index contributed by atoms with van der Waals surface area (Å²) in [5.74, 6) is 2.16. The van der Waals surface area contributed by atoms with E-state index in [1.165, 1.54) is 38.9 Å². The van der Waals surface area contributed by atoms with E-state index < -0.39 is 0 Å². The van der Waals surface area contributed by atoms with Crippen molar-refractivity contribution in [3.8, 4) is 0 Å². The molecule has 1 atom stereocenters. The minimum Gasteiger partial charge on any atom is -0.383 e. The first kappa shape index (κ1) is 13.3. The van der Waals surface area contributed by atoms with Gasteiger partial charge in [0, 0.05) is 19.6 Å². The van der Waals surface area contributed by atoms with Gasteiger partial charge in [0.1, 0.15) is 10.6 Å². The summed E-state index contributed by atoms with van der Waals surface area (Å²) >= 11 is 1.64. The van der Waals surface area contributed by atoms with E-state index in [-0.39, 0.29) is 0 Å². The molecule has 2 saturated heterocycles. The van der Waals surface area contributed by atoms with Gasteiger partial charge in [-0.2, -0.15) is 4.98 Å². The maximum absolute atomic E-state index is 6.06. The smallest absolute Gasteiger partial charge is 0.228 e. The van der Waals surface area contributed by atoms with Crippen molar-refractivity contribution in [3.63, 3.8) is 0 Å². The number of thiophene rings is 1. The Morgan fingerprint density at radius 3 is 2.95 bits per heavy atom. The van der Waals surface area contributed by atoms with Crippen molar-refractivity contribution >= 4 is 33.3 Å². The summed E-state index contributed by atoms with van der Waals surface area (Å²) in [5.41, 5.74) is 6.06. The van der Waals surface area contributed by atoms with Gasteiger partial charge in [-0.05, 0) is 49.7 Å². The molecule has 0 amide bonds. The van der Waals surface area contributed by atoms with Gasteiger partial charge in [0.25, 0.3) is 0 Å². The van der Waals surface area contributed by atoms with Crippen molar-refractivity contribution in [3.05, 3.63) is 11.4 Å². The average molecular weight is 303 g/mol. The Morgan fingerprint density at radius 2 is 2.10 bits per heavy atom. The summed E-state index contributed by atoms with van der Waals surface area (Å²) in [6.07, 6.45) is 3.97. The average Bonchev–Trinajstić information content (AvgIpc) is 3.18. The summed E-state index contributed by atoms with van der Waals surface area (Å²) in [4.78, 5) is 15.1. The van der Waals surface area contributed by atoms with Crippen molar-refractivity contribution in [1.29, 1.82) is 0 Å². The Morgan fingerprint density at radius 1 is 1.24 bits per heavy atom. The number of nitrogens with two attached hydrogens (primary N) is 1. The molecule has 2 fully saturated rings. The van der Waals surface area contributed by atoms with Crippen LogP contribution in [0.2, 0.25) is 0 Å². The zero-order chi connectivity index (χ0) is 14.2. The molecule has 6 heteroatoms. The highest BCUT2D eigenvalue weighted by atomic mass is 32.1. The first-order valence-electron chi connectivity index (χ1n) is 7.77. The Kier molecular flexibility index (Phi) is 3.43. The molecule has 0 spiro atoms. The largest absolute Gasteiger partial charge is 0.383 e. The molecule has 5 nitrogen and oxygen atoms in total. The number of nitrogens with zero attached hydrogens (tertiary/aromatic N) is 4. The van der Waals surface area contributed by atoms with E-state index in [1.807, 2.05) is 11.4 Å². The summed E-state index contributed by atoms with van der Waals surface area (Å²) in [6.45, 7) is 5.90. The quantitative estimate of drug-likeness (QED) is 0.942. The van der Waals surface area contributed by atoms with Crippen molar-refractivity contribution in [1.82, 2.24) is 14.9 Å². The third-order valence-electron chi connectivity index (χ3n) is 4.63. The molecule has 2 N–H and O–H groups in total. The SMILES string of the molecule is Nc1nc(N2CCC(CN3CCCC3)C2)nc2sccc12. The first-order valence-corrected chi connectivity index (χ1v) is 8.65. The highest BCUT2D eigenvalue weighted by Crippen LogP contribution is 2.28. The number of anilines is 2. The van der Waals surface area contributed by atoms with Gasteiger partial charge in [0.05, 0.1) is 5.39 Å². The second kappa shape index (κ2) is 5.42. The van der Waals surface area contributed by atoms with Gasteiger partial charge in [-0.25, -0.2) is 4.98 Å². The topological polar surface area (TPSA) is 58.3 Å². The lowest BCUT2D eigenvalue weighted by molar-refractivity contribution is 0.289. The minimum absolute atomic E-state index is 0.610. The molecule has 1 unspecified atom stereocenters. The number of fused-ring (bicyclic) bond motifs is 1. The lowest BCUT2D eigenvalue weighted by atomic mass is 10.1. The van der Waals surface area contributed by atoms with Gasteiger partial charge in [-0.3, -0.25) is 0 Å². The lowest BCUT2D eigenvalue weighted by Crippen LogP contribution is -2.29. The first-order chi connectivity index (χ1) is 10.3.